The molecule has 0 atom stereocenters. The predicted molar refractivity (Wildman–Crippen MR) is 69.7 cm³/mol. The molecule has 0 aliphatic carbocycles. The molecule has 2 aromatic rings. The zero-order chi connectivity index (χ0) is 13.0. The van der Waals surface area contributed by atoms with E-state index in [1.165, 1.54) is 17.5 Å². The topological polar surface area (TPSA) is 86.9 Å². The van der Waals surface area contributed by atoms with Crippen molar-refractivity contribution in [2.45, 2.75) is 18.1 Å². The zero-order valence-corrected chi connectivity index (χ0v) is 11.4. The second kappa shape index (κ2) is 5.61. The zero-order valence-electron chi connectivity index (χ0n) is 9.80. The van der Waals surface area contributed by atoms with Crippen LogP contribution in [0.25, 0.3) is 0 Å². The fraction of sp³-hybridized carbons (Fsp3) is 0.300. The Morgan fingerprint density at radius 3 is 2.94 bits per heavy atom. The molecule has 6 nitrogen and oxygen atoms in total. The van der Waals surface area contributed by atoms with Crippen molar-refractivity contribution in [3.05, 3.63) is 34.2 Å². The van der Waals surface area contributed by atoms with Gasteiger partial charge in [-0.25, -0.2) is 13.1 Å². The van der Waals surface area contributed by atoms with Crippen molar-refractivity contribution in [3.63, 3.8) is 0 Å². The minimum absolute atomic E-state index is 0.119. The average Bonchev–Trinajstić information content (AvgIpc) is 2.97. The molecule has 0 aromatic carbocycles. The Kier molecular flexibility index (Phi) is 4.12. The maximum Gasteiger partial charge on any atom is 0.258 e. The lowest BCUT2D eigenvalue weighted by Gasteiger charge is -2.05. The minimum Gasteiger partial charge on any atom is -0.316 e. The van der Waals surface area contributed by atoms with Crippen molar-refractivity contribution in [1.82, 2.24) is 20.2 Å². The molecule has 0 radical (unpaired) electrons. The van der Waals surface area contributed by atoms with Crippen LogP contribution >= 0.6 is 11.3 Å². The van der Waals surface area contributed by atoms with E-state index in [2.05, 4.69) is 20.2 Å². The first-order valence-corrected chi connectivity index (χ1v) is 7.68. The highest BCUT2D eigenvalue weighted by molar-refractivity contribution is 7.89. The van der Waals surface area contributed by atoms with Gasteiger partial charge in [-0.3, -0.25) is 5.10 Å². The number of hydrogen-bond donors (Lipinski definition) is 3. The first-order chi connectivity index (χ1) is 8.63. The molecule has 98 valence electrons. The Hall–Kier alpha value is -1.22. The van der Waals surface area contributed by atoms with E-state index in [-0.39, 0.29) is 11.6 Å². The van der Waals surface area contributed by atoms with E-state index in [0.717, 1.165) is 4.88 Å². The molecule has 0 aliphatic heterocycles. The molecule has 0 saturated heterocycles. The van der Waals surface area contributed by atoms with E-state index in [1.54, 1.807) is 7.05 Å². The number of nitrogens with zero attached hydrogens (tertiary/aromatic N) is 1. The maximum absolute atomic E-state index is 12.1. The van der Waals surface area contributed by atoms with Gasteiger partial charge in [-0.15, -0.1) is 11.3 Å². The van der Waals surface area contributed by atoms with Crippen molar-refractivity contribution in [1.29, 1.82) is 0 Å². The second-order valence-corrected chi connectivity index (χ2v) is 6.39. The number of aromatic amines is 1. The van der Waals surface area contributed by atoms with Gasteiger partial charge in [0.25, 0.3) is 10.0 Å². The number of rotatable bonds is 6. The summed E-state index contributed by atoms with van der Waals surface area (Å²) in [7, 11) is -1.79. The van der Waals surface area contributed by atoms with E-state index in [1.807, 2.05) is 17.5 Å². The lowest BCUT2D eigenvalue weighted by Crippen LogP contribution is -2.24. The van der Waals surface area contributed by atoms with E-state index in [9.17, 15) is 8.42 Å². The minimum atomic E-state index is -3.55. The molecule has 0 unspecified atom stereocenters. The Morgan fingerprint density at radius 1 is 1.44 bits per heavy atom. The highest BCUT2D eigenvalue weighted by Gasteiger charge is 2.20. The summed E-state index contributed by atoms with van der Waals surface area (Å²) < 4.78 is 26.7. The van der Waals surface area contributed by atoms with E-state index in [0.29, 0.717) is 12.1 Å². The quantitative estimate of drug-likeness (QED) is 0.728. The van der Waals surface area contributed by atoms with Gasteiger partial charge in [-0.2, -0.15) is 5.10 Å². The molecule has 0 fully saturated rings. The predicted octanol–water partition coefficient (Wildman–Crippen LogP) is 0.669. The van der Waals surface area contributed by atoms with Gasteiger partial charge < -0.3 is 5.32 Å². The molecule has 0 bridgehead atoms. The molecule has 0 saturated carbocycles. The second-order valence-electron chi connectivity index (χ2n) is 3.66. The van der Waals surface area contributed by atoms with Crippen LogP contribution in [0, 0.1) is 0 Å². The summed E-state index contributed by atoms with van der Waals surface area (Å²) in [5.41, 5.74) is 0.621. The normalized spacial score (nSPS) is 11.8. The molecular formula is C10H14N4O2S2. The SMILES string of the molecule is CNCc1cn[nH]c1S(=O)(=O)NCc1cccs1. The van der Waals surface area contributed by atoms with Crippen LogP contribution in [0.5, 0.6) is 0 Å². The summed E-state index contributed by atoms with van der Waals surface area (Å²) in [4.78, 5) is 0.966. The summed E-state index contributed by atoms with van der Waals surface area (Å²) >= 11 is 1.51. The molecule has 8 heteroatoms. The molecule has 0 amide bonds. The fourth-order valence-corrected chi connectivity index (χ4v) is 3.37. The van der Waals surface area contributed by atoms with Crippen LogP contribution in [-0.4, -0.2) is 25.7 Å². The smallest absolute Gasteiger partial charge is 0.258 e. The van der Waals surface area contributed by atoms with Gasteiger partial charge in [0, 0.05) is 23.5 Å². The number of H-pyrrole nitrogens is 1. The van der Waals surface area contributed by atoms with Gasteiger partial charge in [0.1, 0.15) is 0 Å². The van der Waals surface area contributed by atoms with Crippen LogP contribution in [0.15, 0.2) is 28.7 Å². The number of aromatic nitrogens is 2. The molecule has 0 aliphatic rings. The summed E-state index contributed by atoms with van der Waals surface area (Å²) in [6, 6.07) is 3.77. The maximum atomic E-state index is 12.1. The standard InChI is InChI=1S/C10H14N4O2S2/c1-11-5-8-6-12-14-10(8)18(15,16)13-7-9-3-2-4-17-9/h2-4,6,11,13H,5,7H2,1H3,(H,12,14). The first kappa shape index (κ1) is 13.2. The van der Waals surface area contributed by atoms with Crippen LogP contribution in [0.4, 0.5) is 0 Å². The van der Waals surface area contributed by atoms with E-state index in [4.69, 9.17) is 0 Å². The van der Waals surface area contributed by atoms with Crippen molar-refractivity contribution < 1.29 is 8.42 Å². The Bertz CT molecular complexity index is 589. The van der Waals surface area contributed by atoms with Crippen molar-refractivity contribution >= 4 is 21.4 Å². The van der Waals surface area contributed by atoms with Gasteiger partial charge in [-0.1, -0.05) is 6.07 Å². The van der Waals surface area contributed by atoms with Gasteiger partial charge in [0.05, 0.1) is 6.20 Å². The third-order valence-electron chi connectivity index (χ3n) is 2.33. The number of sulfonamides is 1. The van der Waals surface area contributed by atoms with Crippen LogP contribution in [-0.2, 0) is 23.1 Å². The van der Waals surface area contributed by atoms with Gasteiger partial charge in [0.15, 0.2) is 5.03 Å². The number of nitrogens with one attached hydrogen (secondary N) is 3. The molecule has 18 heavy (non-hydrogen) atoms. The molecule has 2 heterocycles. The van der Waals surface area contributed by atoms with Gasteiger partial charge >= 0.3 is 0 Å². The average molecular weight is 286 g/mol. The van der Waals surface area contributed by atoms with Crippen LogP contribution in [0.3, 0.4) is 0 Å². The van der Waals surface area contributed by atoms with E-state index < -0.39 is 10.0 Å². The third kappa shape index (κ3) is 2.96. The molecule has 0 spiro atoms. The Labute approximate surface area is 109 Å². The summed E-state index contributed by atoms with van der Waals surface area (Å²) in [6.07, 6.45) is 1.51. The van der Waals surface area contributed by atoms with Gasteiger partial charge in [0.2, 0.25) is 0 Å². The lowest BCUT2D eigenvalue weighted by atomic mass is 10.4. The molecule has 3 N–H and O–H groups in total. The van der Waals surface area contributed by atoms with Gasteiger partial charge in [-0.05, 0) is 18.5 Å². The Morgan fingerprint density at radius 2 is 2.28 bits per heavy atom. The van der Waals surface area contributed by atoms with Crippen molar-refractivity contribution in [2.24, 2.45) is 0 Å². The first-order valence-electron chi connectivity index (χ1n) is 5.32. The molecule has 2 rings (SSSR count). The highest BCUT2D eigenvalue weighted by atomic mass is 32.2. The summed E-state index contributed by atoms with van der Waals surface area (Å²) in [6.45, 7) is 0.740. The fourth-order valence-electron chi connectivity index (χ4n) is 1.50. The Balaban J connectivity index is 2.12. The van der Waals surface area contributed by atoms with Crippen molar-refractivity contribution in [2.75, 3.05) is 7.05 Å². The van der Waals surface area contributed by atoms with Crippen LogP contribution in [0.2, 0.25) is 0 Å². The monoisotopic (exact) mass is 286 g/mol. The number of hydrogen-bond acceptors (Lipinski definition) is 5. The lowest BCUT2D eigenvalue weighted by molar-refractivity contribution is 0.575. The summed E-state index contributed by atoms with van der Waals surface area (Å²) in [5, 5.41) is 11.2. The largest absolute Gasteiger partial charge is 0.316 e. The third-order valence-corrected chi connectivity index (χ3v) is 4.62. The number of thiophene rings is 1. The summed E-state index contributed by atoms with van der Waals surface area (Å²) in [5.74, 6) is 0. The molecule has 2 aromatic heterocycles. The van der Waals surface area contributed by atoms with Crippen LogP contribution < -0.4 is 10.0 Å². The van der Waals surface area contributed by atoms with E-state index >= 15 is 0 Å². The highest BCUT2D eigenvalue weighted by Crippen LogP contribution is 2.13. The van der Waals surface area contributed by atoms with Crippen LogP contribution in [0.1, 0.15) is 10.4 Å². The van der Waals surface area contributed by atoms with Crippen molar-refractivity contribution in [3.8, 4) is 0 Å². The molecular weight excluding hydrogens is 272 g/mol.